The van der Waals surface area contributed by atoms with Gasteiger partial charge in [-0.05, 0) is 62.0 Å². The summed E-state index contributed by atoms with van der Waals surface area (Å²) < 4.78 is 7.05. The Morgan fingerprint density at radius 2 is 2.18 bits per heavy atom. The third-order valence-electron chi connectivity index (χ3n) is 3.54. The van der Waals surface area contributed by atoms with E-state index in [4.69, 9.17) is 16.3 Å². The van der Waals surface area contributed by atoms with Crippen LogP contribution in [0.2, 0.25) is 4.34 Å². The van der Waals surface area contributed by atoms with E-state index in [1.807, 2.05) is 26.8 Å². The van der Waals surface area contributed by atoms with Gasteiger partial charge in [0.25, 0.3) is 0 Å². The maximum absolute atomic E-state index is 12.0. The van der Waals surface area contributed by atoms with Gasteiger partial charge in [0.1, 0.15) is 9.94 Å². The zero-order chi connectivity index (χ0) is 16.4. The minimum absolute atomic E-state index is 0.180. The van der Waals surface area contributed by atoms with Crippen molar-refractivity contribution in [3.63, 3.8) is 0 Å². The first-order chi connectivity index (χ1) is 10.2. The van der Waals surface area contributed by atoms with Crippen molar-refractivity contribution in [3.05, 3.63) is 19.8 Å². The van der Waals surface area contributed by atoms with Crippen LogP contribution in [0.3, 0.4) is 0 Å². The minimum Gasteiger partial charge on any atom is -0.444 e. The molecule has 4 nitrogen and oxygen atoms in total. The van der Waals surface area contributed by atoms with Crippen LogP contribution in [0.5, 0.6) is 0 Å². The van der Waals surface area contributed by atoms with Crippen LogP contribution >= 0.6 is 38.9 Å². The summed E-state index contributed by atoms with van der Waals surface area (Å²) in [5.74, 6) is 0. The summed E-state index contributed by atoms with van der Waals surface area (Å²) in [6.07, 6.45) is 2.76. The van der Waals surface area contributed by atoms with Crippen LogP contribution in [-0.2, 0) is 11.3 Å². The van der Waals surface area contributed by atoms with Gasteiger partial charge in [-0.15, -0.1) is 11.3 Å². The first kappa shape index (κ1) is 18.0. The topological polar surface area (TPSA) is 50.4 Å². The molecule has 22 heavy (non-hydrogen) atoms. The molecule has 1 aliphatic rings. The second-order valence-corrected chi connectivity index (χ2v) is 9.29. The Kier molecular flexibility index (Phi) is 5.80. The van der Waals surface area contributed by atoms with Crippen molar-refractivity contribution < 1.29 is 9.53 Å². The summed E-state index contributed by atoms with van der Waals surface area (Å²) in [4.78, 5) is 13.1. The highest BCUT2D eigenvalue weighted by atomic mass is 79.9. The van der Waals surface area contributed by atoms with E-state index in [-0.39, 0.29) is 11.6 Å². The molecule has 1 aromatic heterocycles. The SMILES string of the molecule is CC(C)(C)OC(=O)NC1(CNCc2cc(Br)c(Cl)s2)CCC1. The van der Waals surface area contributed by atoms with Gasteiger partial charge in [-0.3, -0.25) is 0 Å². The minimum atomic E-state index is -0.470. The van der Waals surface area contributed by atoms with E-state index in [0.29, 0.717) is 0 Å². The first-order valence-corrected chi connectivity index (χ1v) is 9.33. The van der Waals surface area contributed by atoms with Crippen molar-refractivity contribution in [1.82, 2.24) is 10.6 Å². The molecule has 1 amide bonds. The van der Waals surface area contributed by atoms with Crippen molar-refractivity contribution in [2.75, 3.05) is 6.54 Å². The van der Waals surface area contributed by atoms with Crippen LogP contribution in [-0.4, -0.2) is 23.8 Å². The number of carbonyl (C=O) groups is 1. The second kappa shape index (κ2) is 7.07. The molecule has 0 saturated heterocycles. The van der Waals surface area contributed by atoms with Crippen molar-refractivity contribution in [1.29, 1.82) is 0 Å². The number of rotatable bonds is 5. The van der Waals surface area contributed by atoms with E-state index in [1.54, 1.807) is 11.3 Å². The molecule has 1 saturated carbocycles. The molecular formula is C15H22BrClN2O2S. The Morgan fingerprint density at radius 1 is 1.50 bits per heavy atom. The Balaban J connectivity index is 1.82. The van der Waals surface area contributed by atoms with E-state index >= 15 is 0 Å². The number of carbonyl (C=O) groups excluding carboxylic acids is 1. The number of nitrogens with one attached hydrogen (secondary N) is 2. The number of alkyl carbamates (subject to hydrolysis) is 1. The lowest BCUT2D eigenvalue weighted by atomic mass is 9.76. The lowest BCUT2D eigenvalue weighted by Gasteiger charge is -2.42. The number of thiophene rings is 1. The highest BCUT2D eigenvalue weighted by molar-refractivity contribution is 9.10. The van der Waals surface area contributed by atoms with E-state index in [9.17, 15) is 4.79 Å². The zero-order valence-corrected chi connectivity index (χ0v) is 16.3. The third kappa shape index (κ3) is 5.11. The van der Waals surface area contributed by atoms with Gasteiger partial charge in [0, 0.05) is 22.4 Å². The van der Waals surface area contributed by atoms with Crippen LogP contribution in [0.4, 0.5) is 4.79 Å². The van der Waals surface area contributed by atoms with Crippen LogP contribution < -0.4 is 10.6 Å². The molecule has 7 heteroatoms. The molecule has 2 rings (SSSR count). The zero-order valence-electron chi connectivity index (χ0n) is 13.1. The molecule has 1 aliphatic carbocycles. The Bertz CT molecular complexity index is 519. The summed E-state index contributed by atoms with van der Waals surface area (Å²) in [6, 6.07) is 2.02. The van der Waals surface area contributed by atoms with Crippen LogP contribution in [0, 0.1) is 0 Å². The number of hydrogen-bond acceptors (Lipinski definition) is 4. The average Bonchev–Trinajstić information content (AvgIpc) is 2.63. The third-order valence-corrected chi connectivity index (χ3v) is 6.01. The molecule has 124 valence electrons. The van der Waals surface area contributed by atoms with E-state index in [1.165, 1.54) is 4.88 Å². The smallest absolute Gasteiger partial charge is 0.408 e. The predicted octanol–water partition coefficient (Wildman–Crippen LogP) is 4.70. The predicted molar refractivity (Wildman–Crippen MR) is 94.7 cm³/mol. The fourth-order valence-corrected chi connectivity index (χ4v) is 4.13. The van der Waals surface area contributed by atoms with E-state index in [2.05, 4.69) is 26.6 Å². The van der Waals surface area contributed by atoms with Gasteiger partial charge < -0.3 is 15.4 Å². The normalized spacial score (nSPS) is 17.0. The number of amides is 1. The molecule has 0 spiro atoms. The molecule has 2 N–H and O–H groups in total. The molecule has 0 radical (unpaired) electrons. The highest BCUT2D eigenvalue weighted by Crippen LogP contribution is 2.33. The van der Waals surface area contributed by atoms with Crippen LogP contribution in [0.1, 0.15) is 44.9 Å². The van der Waals surface area contributed by atoms with Crippen LogP contribution in [0.25, 0.3) is 0 Å². The molecule has 1 aromatic rings. The Labute approximate surface area is 149 Å². The van der Waals surface area contributed by atoms with Gasteiger partial charge in [0.2, 0.25) is 0 Å². The molecule has 1 fully saturated rings. The average molecular weight is 410 g/mol. The first-order valence-electron chi connectivity index (χ1n) is 7.35. The van der Waals surface area contributed by atoms with Gasteiger partial charge in [-0.25, -0.2) is 4.79 Å². The van der Waals surface area contributed by atoms with Crippen molar-refractivity contribution in [2.45, 2.75) is 57.7 Å². The lowest BCUT2D eigenvalue weighted by molar-refractivity contribution is 0.0382. The number of ether oxygens (including phenoxy) is 1. The highest BCUT2D eigenvalue weighted by Gasteiger charge is 2.39. The van der Waals surface area contributed by atoms with Gasteiger partial charge in [-0.2, -0.15) is 0 Å². The van der Waals surface area contributed by atoms with Gasteiger partial charge in [0.05, 0.1) is 5.54 Å². The van der Waals surface area contributed by atoms with Crippen molar-refractivity contribution >= 4 is 45.0 Å². The standard InChI is InChI=1S/C15H22BrClN2O2S/c1-14(2,3)21-13(20)19-15(5-4-6-15)9-18-8-10-7-11(16)12(17)22-10/h7,18H,4-6,8-9H2,1-3H3,(H,19,20). The molecule has 0 unspecified atom stereocenters. The van der Waals surface area contributed by atoms with Gasteiger partial charge in [-0.1, -0.05) is 11.6 Å². The summed E-state index contributed by atoms with van der Waals surface area (Å²) in [5, 5.41) is 6.45. The Hall–Kier alpha value is -0.300. The van der Waals surface area contributed by atoms with Crippen molar-refractivity contribution in [3.8, 4) is 0 Å². The fraction of sp³-hybridized carbons (Fsp3) is 0.667. The summed E-state index contributed by atoms with van der Waals surface area (Å²) in [7, 11) is 0. The number of halogens is 2. The largest absolute Gasteiger partial charge is 0.444 e. The van der Waals surface area contributed by atoms with Gasteiger partial charge in [0.15, 0.2) is 0 Å². The summed E-state index contributed by atoms with van der Waals surface area (Å²) in [6.45, 7) is 7.09. The molecule has 0 aromatic carbocycles. The van der Waals surface area contributed by atoms with E-state index in [0.717, 1.165) is 41.2 Å². The molecule has 0 aliphatic heterocycles. The molecule has 0 bridgehead atoms. The maximum Gasteiger partial charge on any atom is 0.408 e. The Morgan fingerprint density at radius 3 is 2.64 bits per heavy atom. The molecule has 0 atom stereocenters. The fourth-order valence-electron chi connectivity index (χ4n) is 2.37. The summed E-state index contributed by atoms with van der Waals surface area (Å²) >= 11 is 11.0. The molecular weight excluding hydrogens is 388 g/mol. The van der Waals surface area contributed by atoms with Crippen LogP contribution in [0.15, 0.2) is 10.5 Å². The second-order valence-electron chi connectivity index (χ2n) is 6.70. The summed E-state index contributed by atoms with van der Waals surface area (Å²) in [5.41, 5.74) is -0.650. The number of hydrogen-bond donors (Lipinski definition) is 2. The molecule has 1 heterocycles. The van der Waals surface area contributed by atoms with E-state index < -0.39 is 5.60 Å². The lowest BCUT2D eigenvalue weighted by Crippen LogP contribution is -2.59. The van der Waals surface area contributed by atoms with Crippen molar-refractivity contribution in [2.24, 2.45) is 0 Å². The van der Waals surface area contributed by atoms with Gasteiger partial charge >= 0.3 is 6.09 Å². The monoisotopic (exact) mass is 408 g/mol. The maximum atomic E-state index is 12.0. The quantitative estimate of drug-likeness (QED) is 0.741.